The molecule has 0 fully saturated rings. The molecule has 0 aromatic carbocycles. The third-order valence-corrected chi connectivity index (χ3v) is 2.61. The maximum atomic E-state index is 5.52. The Balaban J connectivity index is 2.85. The molecule has 0 aliphatic rings. The average Bonchev–Trinajstić information content (AvgIpc) is 2.35. The average molecular weight is 246 g/mol. The smallest absolute Gasteiger partial charge is 0.0466 e. The molecule has 0 rings (SSSR count). The van der Waals surface area contributed by atoms with E-state index in [1.54, 1.807) is 7.11 Å². The zero-order chi connectivity index (χ0) is 12.6. The minimum atomic E-state index is 0.842. The van der Waals surface area contributed by atoms with Crippen molar-refractivity contribution in [2.75, 3.05) is 40.1 Å². The minimum absolute atomic E-state index is 0.842. The zero-order valence-electron chi connectivity index (χ0n) is 11.7. The van der Waals surface area contributed by atoms with E-state index in [4.69, 9.17) is 14.2 Å². The summed E-state index contributed by atoms with van der Waals surface area (Å²) in [6.45, 7) is 6.59. The van der Waals surface area contributed by atoms with Crippen LogP contribution >= 0.6 is 0 Å². The summed E-state index contributed by atoms with van der Waals surface area (Å²) in [5.74, 6) is 0. The van der Waals surface area contributed by atoms with Gasteiger partial charge in [-0.3, -0.25) is 0 Å². The number of ether oxygens (including phenoxy) is 3. The summed E-state index contributed by atoms with van der Waals surface area (Å²) in [5.41, 5.74) is 0. The third kappa shape index (κ3) is 15.9. The van der Waals surface area contributed by atoms with Gasteiger partial charge in [-0.2, -0.15) is 0 Å². The van der Waals surface area contributed by atoms with Crippen LogP contribution in [-0.2, 0) is 14.2 Å². The Labute approximate surface area is 107 Å². The van der Waals surface area contributed by atoms with Crippen LogP contribution in [-0.4, -0.2) is 40.1 Å². The summed E-state index contributed by atoms with van der Waals surface area (Å²) < 4.78 is 16.0. The molecule has 0 amide bonds. The molecule has 0 saturated carbocycles. The zero-order valence-corrected chi connectivity index (χ0v) is 11.7. The maximum absolute atomic E-state index is 5.52. The van der Waals surface area contributed by atoms with Crippen LogP contribution < -0.4 is 0 Å². The van der Waals surface area contributed by atoms with Crippen molar-refractivity contribution in [3.05, 3.63) is 0 Å². The van der Waals surface area contributed by atoms with Crippen LogP contribution in [0.5, 0.6) is 0 Å². The first kappa shape index (κ1) is 16.9. The number of hydrogen-bond donors (Lipinski definition) is 0. The quantitative estimate of drug-likeness (QED) is 0.440. The lowest BCUT2D eigenvalue weighted by Crippen LogP contribution is -2.02. The lowest BCUT2D eigenvalue weighted by Gasteiger charge is -2.05. The van der Waals surface area contributed by atoms with Gasteiger partial charge in [0.1, 0.15) is 0 Å². The number of hydrogen-bond acceptors (Lipinski definition) is 3. The van der Waals surface area contributed by atoms with Crippen LogP contribution in [0.25, 0.3) is 0 Å². The first-order valence-corrected chi connectivity index (χ1v) is 7.06. The molecule has 0 unspecified atom stereocenters. The Morgan fingerprint density at radius 1 is 0.588 bits per heavy atom. The molecule has 0 bridgehead atoms. The first-order chi connectivity index (χ1) is 8.41. The van der Waals surface area contributed by atoms with E-state index in [1.807, 2.05) is 0 Å². The van der Waals surface area contributed by atoms with Gasteiger partial charge in [-0.1, -0.05) is 19.8 Å². The van der Waals surface area contributed by atoms with Gasteiger partial charge in [0.05, 0.1) is 0 Å². The highest BCUT2D eigenvalue weighted by molar-refractivity contribution is 4.42. The van der Waals surface area contributed by atoms with E-state index in [-0.39, 0.29) is 0 Å². The standard InChI is InChI=1S/C14H30O3/c1-3-4-5-11-16-13-8-9-14-17-12-7-6-10-15-2/h3-14H2,1-2H3. The van der Waals surface area contributed by atoms with Crippen molar-refractivity contribution >= 4 is 0 Å². The van der Waals surface area contributed by atoms with E-state index in [0.717, 1.165) is 58.7 Å². The number of methoxy groups -OCH3 is 1. The molecule has 3 nitrogen and oxygen atoms in total. The van der Waals surface area contributed by atoms with Crippen molar-refractivity contribution in [2.24, 2.45) is 0 Å². The fraction of sp³-hybridized carbons (Fsp3) is 1.00. The molecule has 0 N–H and O–H groups in total. The molecular weight excluding hydrogens is 216 g/mol. The molecular formula is C14H30O3. The summed E-state index contributed by atoms with van der Waals surface area (Å²) in [6.07, 6.45) is 8.16. The predicted molar refractivity (Wildman–Crippen MR) is 71.5 cm³/mol. The molecule has 0 spiro atoms. The maximum Gasteiger partial charge on any atom is 0.0466 e. The highest BCUT2D eigenvalue weighted by Crippen LogP contribution is 1.97. The van der Waals surface area contributed by atoms with Crippen molar-refractivity contribution in [2.45, 2.75) is 51.9 Å². The van der Waals surface area contributed by atoms with Crippen molar-refractivity contribution in [1.82, 2.24) is 0 Å². The summed E-state index contributed by atoms with van der Waals surface area (Å²) in [4.78, 5) is 0. The molecule has 0 aliphatic heterocycles. The van der Waals surface area contributed by atoms with E-state index in [0.29, 0.717) is 0 Å². The Bertz CT molecular complexity index is 115. The topological polar surface area (TPSA) is 27.7 Å². The predicted octanol–water partition coefficient (Wildman–Crippen LogP) is 3.42. The minimum Gasteiger partial charge on any atom is -0.385 e. The van der Waals surface area contributed by atoms with Crippen molar-refractivity contribution in [1.29, 1.82) is 0 Å². The third-order valence-electron chi connectivity index (χ3n) is 2.61. The Morgan fingerprint density at radius 3 is 1.41 bits per heavy atom. The van der Waals surface area contributed by atoms with Crippen LogP contribution in [0.1, 0.15) is 51.9 Å². The van der Waals surface area contributed by atoms with Crippen LogP contribution in [0.3, 0.4) is 0 Å². The summed E-state index contributed by atoms with van der Waals surface area (Å²) in [5, 5.41) is 0. The van der Waals surface area contributed by atoms with Crippen LogP contribution in [0.2, 0.25) is 0 Å². The molecule has 0 aromatic rings. The van der Waals surface area contributed by atoms with E-state index >= 15 is 0 Å². The lowest BCUT2D eigenvalue weighted by molar-refractivity contribution is 0.0957. The van der Waals surface area contributed by atoms with Gasteiger partial charge in [0.15, 0.2) is 0 Å². The second-order valence-electron chi connectivity index (χ2n) is 4.34. The van der Waals surface area contributed by atoms with Crippen molar-refractivity contribution in [3.63, 3.8) is 0 Å². The Kier molecular flexibility index (Phi) is 15.8. The van der Waals surface area contributed by atoms with Gasteiger partial charge in [-0.25, -0.2) is 0 Å². The molecule has 0 saturated heterocycles. The molecule has 0 heterocycles. The summed E-state index contributed by atoms with van der Waals surface area (Å²) in [7, 11) is 1.74. The summed E-state index contributed by atoms with van der Waals surface area (Å²) >= 11 is 0. The van der Waals surface area contributed by atoms with Gasteiger partial charge in [0, 0.05) is 40.1 Å². The lowest BCUT2D eigenvalue weighted by atomic mass is 10.3. The number of rotatable bonds is 14. The molecule has 0 atom stereocenters. The van der Waals surface area contributed by atoms with Gasteiger partial charge in [0.2, 0.25) is 0 Å². The molecule has 0 aliphatic carbocycles. The van der Waals surface area contributed by atoms with Crippen LogP contribution in [0.15, 0.2) is 0 Å². The van der Waals surface area contributed by atoms with Gasteiger partial charge in [-0.05, 0) is 32.1 Å². The molecule has 3 heteroatoms. The van der Waals surface area contributed by atoms with Crippen molar-refractivity contribution < 1.29 is 14.2 Å². The highest BCUT2D eigenvalue weighted by atomic mass is 16.5. The van der Waals surface area contributed by atoms with Gasteiger partial charge in [0.25, 0.3) is 0 Å². The Hall–Kier alpha value is -0.120. The van der Waals surface area contributed by atoms with Crippen LogP contribution in [0, 0.1) is 0 Å². The first-order valence-electron chi connectivity index (χ1n) is 7.06. The van der Waals surface area contributed by atoms with Gasteiger partial charge in [-0.15, -0.1) is 0 Å². The fourth-order valence-electron chi connectivity index (χ4n) is 1.52. The summed E-state index contributed by atoms with van der Waals surface area (Å²) in [6, 6.07) is 0. The van der Waals surface area contributed by atoms with E-state index < -0.39 is 0 Å². The number of unbranched alkanes of at least 4 members (excludes halogenated alkanes) is 4. The van der Waals surface area contributed by atoms with Crippen LogP contribution in [0.4, 0.5) is 0 Å². The Morgan fingerprint density at radius 2 is 1.00 bits per heavy atom. The van der Waals surface area contributed by atoms with E-state index in [9.17, 15) is 0 Å². The van der Waals surface area contributed by atoms with Gasteiger partial charge >= 0.3 is 0 Å². The molecule has 104 valence electrons. The van der Waals surface area contributed by atoms with E-state index in [1.165, 1.54) is 19.3 Å². The monoisotopic (exact) mass is 246 g/mol. The second kappa shape index (κ2) is 15.9. The largest absolute Gasteiger partial charge is 0.385 e. The van der Waals surface area contributed by atoms with E-state index in [2.05, 4.69) is 6.92 Å². The molecule has 0 aromatic heterocycles. The highest BCUT2D eigenvalue weighted by Gasteiger charge is 1.92. The molecule has 0 radical (unpaired) electrons. The van der Waals surface area contributed by atoms with Gasteiger partial charge < -0.3 is 14.2 Å². The normalized spacial score (nSPS) is 10.9. The van der Waals surface area contributed by atoms with Crippen molar-refractivity contribution in [3.8, 4) is 0 Å². The molecule has 17 heavy (non-hydrogen) atoms. The fourth-order valence-corrected chi connectivity index (χ4v) is 1.52. The second-order valence-corrected chi connectivity index (χ2v) is 4.34. The SMILES string of the molecule is CCCCCOCCCCOCCCCOC.